The van der Waals surface area contributed by atoms with Crippen molar-refractivity contribution in [2.24, 2.45) is 0 Å². The van der Waals surface area contributed by atoms with Crippen LogP contribution in [0.15, 0.2) is 35.3 Å². The Morgan fingerprint density at radius 3 is 2.93 bits per heavy atom. The molecule has 1 rings (SSSR count). The van der Waals surface area contributed by atoms with Gasteiger partial charge in [-0.25, -0.2) is 0 Å². The number of ether oxygens (including phenoxy) is 1. The van der Waals surface area contributed by atoms with Crippen LogP contribution in [0, 0.1) is 0 Å². The molecule has 0 atom stereocenters. The quantitative estimate of drug-likeness (QED) is 0.633. The van der Waals surface area contributed by atoms with E-state index in [4.69, 9.17) is 4.74 Å². The average molecular weight is 270 g/mol. The number of rotatable bonds is 6. The van der Waals surface area contributed by atoms with Gasteiger partial charge in [-0.15, -0.1) is 6.58 Å². The van der Waals surface area contributed by atoms with E-state index >= 15 is 0 Å². The van der Waals surface area contributed by atoms with Gasteiger partial charge in [0.1, 0.15) is 5.75 Å². The van der Waals surface area contributed by atoms with Crippen molar-refractivity contribution in [3.63, 3.8) is 0 Å². The first-order chi connectivity index (χ1) is 7.27. The zero-order valence-electron chi connectivity index (χ0n) is 8.92. The van der Waals surface area contributed by atoms with Crippen LogP contribution in [0.25, 0.3) is 0 Å². The van der Waals surface area contributed by atoms with Gasteiger partial charge in [0, 0.05) is 6.54 Å². The molecule has 0 amide bonds. The van der Waals surface area contributed by atoms with E-state index in [-0.39, 0.29) is 0 Å². The van der Waals surface area contributed by atoms with Crippen molar-refractivity contribution in [2.75, 3.05) is 13.7 Å². The molecular formula is C12H16BrNO. The molecule has 15 heavy (non-hydrogen) atoms. The normalized spacial score (nSPS) is 10.0. The minimum absolute atomic E-state index is 0.866. The van der Waals surface area contributed by atoms with Crippen molar-refractivity contribution in [1.82, 2.24) is 5.32 Å². The van der Waals surface area contributed by atoms with Gasteiger partial charge in [0.05, 0.1) is 11.6 Å². The topological polar surface area (TPSA) is 21.3 Å². The van der Waals surface area contributed by atoms with Crippen LogP contribution in [-0.2, 0) is 6.54 Å². The predicted molar refractivity (Wildman–Crippen MR) is 67.2 cm³/mol. The second-order valence-corrected chi connectivity index (χ2v) is 4.08. The van der Waals surface area contributed by atoms with Gasteiger partial charge in [0.15, 0.2) is 0 Å². The maximum absolute atomic E-state index is 5.16. The Balaban J connectivity index is 2.48. The Morgan fingerprint density at radius 1 is 1.53 bits per heavy atom. The number of nitrogens with one attached hydrogen (secondary N) is 1. The Labute approximate surface area is 99.5 Å². The lowest BCUT2D eigenvalue weighted by Crippen LogP contribution is -2.13. The van der Waals surface area contributed by atoms with E-state index in [1.807, 2.05) is 12.1 Å². The highest BCUT2D eigenvalue weighted by Crippen LogP contribution is 2.25. The zero-order valence-corrected chi connectivity index (χ0v) is 10.5. The van der Waals surface area contributed by atoms with Crippen LogP contribution in [0.1, 0.15) is 12.0 Å². The first-order valence-electron chi connectivity index (χ1n) is 4.92. The number of hydrogen-bond acceptors (Lipinski definition) is 2. The molecule has 3 heteroatoms. The fourth-order valence-electron chi connectivity index (χ4n) is 1.26. The molecule has 0 radical (unpaired) electrons. The summed E-state index contributed by atoms with van der Waals surface area (Å²) in [7, 11) is 1.67. The van der Waals surface area contributed by atoms with Crippen molar-refractivity contribution in [2.45, 2.75) is 13.0 Å². The van der Waals surface area contributed by atoms with E-state index in [0.717, 1.165) is 29.7 Å². The van der Waals surface area contributed by atoms with Crippen LogP contribution in [0.3, 0.4) is 0 Å². The Bertz CT molecular complexity index is 325. The van der Waals surface area contributed by atoms with Crippen molar-refractivity contribution >= 4 is 15.9 Å². The summed E-state index contributed by atoms with van der Waals surface area (Å²) in [5.74, 6) is 0.866. The van der Waals surface area contributed by atoms with E-state index in [2.05, 4.69) is 40.0 Å². The highest BCUT2D eigenvalue weighted by molar-refractivity contribution is 9.10. The number of benzene rings is 1. The van der Waals surface area contributed by atoms with E-state index < -0.39 is 0 Å². The van der Waals surface area contributed by atoms with Gasteiger partial charge >= 0.3 is 0 Å². The minimum atomic E-state index is 0.866. The highest BCUT2D eigenvalue weighted by atomic mass is 79.9. The summed E-state index contributed by atoms with van der Waals surface area (Å²) in [5.41, 5.74) is 1.24. The summed E-state index contributed by atoms with van der Waals surface area (Å²) in [6.07, 6.45) is 2.91. The van der Waals surface area contributed by atoms with E-state index in [9.17, 15) is 0 Å². The van der Waals surface area contributed by atoms with Crippen LogP contribution >= 0.6 is 15.9 Å². The average Bonchev–Trinajstić information content (AvgIpc) is 2.25. The SMILES string of the molecule is C=CCCNCc1ccc(OC)c(Br)c1. The maximum Gasteiger partial charge on any atom is 0.133 e. The van der Waals surface area contributed by atoms with Gasteiger partial charge in [0.2, 0.25) is 0 Å². The van der Waals surface area contributed by atoms with E-state index in [1.54, 1.807) is 7.11 Å². The lowest BCUT2D eigenvalue weighted by Gasteiger charge is -2.07. The third-order valence-electron chi connectivity index (χ3n) is 2.07. The molecule has 0 aliphatic heterocycles. The third kappa shape index (κ3) is 4.06. The van der Waals surface area contributed by atoms with Crippen molar-refractivity contribution < 1.29 is 4.74 Å². The zero-order chi connectivity index (χ0) is 11.1. The molecule has 0 aliphatic rings. The molecule has 1 aromatic carbocycles. The molecule has 0 bridgehead atoms. The van der Waals surface area contributed by atoms with Crippen LogP contribution in [0.2, 0.25) is 0 Å². The molecule has 0 saturated carbocycles. The van der Waals surface area contributed by atoms with Crippen LogP contribution in [0.5, 0.6) is 5.75 Å². The molecule has 2 nitrogen and oxygen atoms in total. The largest absolute Gasteiger partial charge is 0.496 e. The molecule has 1 aromatic rings. The molecular weight excluding hydrogens is 254 g/mol. The number of halogens is 1. The van der Waals surface area contributed by atoms with Gasteiger partial charge < -0.3 is 10.1 Å². The van der Waals surface area contributed by atoms with E-state index in [0.29, 0.717) is 0 Å². The monoisotopic (exact) mass is 269 g/mol. The summed E-state index contributed by atoms with van der Waals surface area (Å²) in [4.78, 5) is 0. The molecule has 0 unspecified atom stereocenters. The van der Waals surface area contributed by atoms with Gasteiger partial charge in [-0.05, 0) is 46.6 Å². The van der Waals surface area contributed by atoms with Gasteiger partial charge in [-0.2, -0.15) is 0 Å². The summed E-state index contributed by atoms with van der Waals surface area (Å²) in [6.45, 7) is 5.51. The third-order valence-corrected chi connectivity index (χ3v) is 2.69. The van der Waals surface area contributed by atoms with E-state index in [1.165, 1.54) is 5.56 Å². The molecule has 1 N–H and O–H groups in total. The van der Waals surface area contributed by atoms with Crippen LogP contribution in [-0.4, -0.2) is 13.7 Å². The maximum atomic E-state index is 5.16. The number of methoxy groups -OCH3 is 1. The van der Waals surface area contributed by atoms with Crippen molar-refractivity contribution in [3.05, 3.63) is 40.9 Å². The Kier molecular flexibility index (Phi) is 5.43. The van der Waals surface area contributed by atoms with Crippen molar-refractivity contribution in [1.29, 1.82) is 0 Å². The lowest BCUT2D eigenvalue weighted by molar-refractivity contribution is 0.412. The van der Waals surface area contributed by atoms with Crippen molar-refractivity contribution in [3.8, 4) is 5.75 Å². The lowest BCUT2D eigenvalue weighted by atomic mass is 10.2. The van der Waals surface area contributed by atoms with Gasteiger partial charge in [-0.1, -0.05) is 12.1 Å². The molecule has 0 heterocycles. The van der Waals surface area contributed by atoms with Gasteiger partial charge in [0.25, 0.3) is 0 Å². The molecule has 82 valence electrons. The molecule has 0 aliphatic carbocycles. The van der Waals surface area contributed by atoms with Gasteiger partial charge in [-0.3, -0.25) is 0 Å². The standard InChI is InChI=1S/C12H16BrNO/c1-3-4-7-14-9-10-5-6-12(15-2)11(13)8-10/h3,5-6,8,14H,1,4,7,9H2,2H3. The van der Waals surface area contributed by atoms with Crippen LogP contribution in [0.4, 0.5) is 0 Å². The Hall–Kier alpha value is -0.800. The fraction of sp³-hybridized carbons (Fsp3) is 0.333. The fourth-order valence-corrected chi connectivity index (χ4v) is 1.84. The summed E-state index contributed by atoms with van der Waals surface area (Å²) >= 11 is 3.46. The first-order valence-corrected chi connectivity index (χ1v) is 5.71. The molecule has 0 saturated heterocycles. The predicted octanol–water partition coefficient (Wildman–Crippen LogP) is 3.12. The summed E-state index contributed by atoms with van der Waals surface area (Å²) in [5, 5.41) is 3.33. The van der Waals surface area contributed by atoms with Crippen LogP contribution < -0.4 is 10.1 Å². The highest BCUT2D eigenvalue weighted by Gasteiger charge is 2.00. The number of hydrogen-bond donors (Lipinski definition) is 1. The minimum Gasteiger partial charge on any atom is -0.496 e. The smallest absolute Gasteiger partial charge is 0.133 e. The molecule has 0 fully saturated rings. The second-order valence-electron chi connectivity index (χ2n) is 3.22. The first kappa shape index (κ1) is 12.3. The molecule has 0 aromatic heterocycles. The second kappa shape index (κ2) is 6.64. The molecule has 0 spiro atoms. The summed E-state index contributed by atoms with van der Waals surface area (Å²) in [6, 6.07) is 6.10. The summed E-state index contributed by atoms with van der Waals surface area (Å²) < 4.78 is 6.16. The Morgan fingerprint density at radius 2 is 2.33 bits per heavy atom.